The molecule has 0 spiro atoms. The Morgan fingerprint density at radius 3 is 2.33 bits per heavy atom. The topological polar surface area (TPSA) is 69.7 Å². The van der Waals surface area contributed by atoms with E-state index in [9.17, 15) is 13.2 Å². The van der Waals surface area contributed by atoms with Gasteiger partial charge < -0.3 is 10.2 Å². The first kappa shape index (κ1) is 17.2. The van der Waals surface area contributed by atoms with Crippen LogP contribution in [0.15, 0.2) is 24.3 Å². The molecule has 7 heteroatoms. The van der Waals surface area contributed by atoms with Crippen LogP contribution in [0.2, 0.25) is 0 Å². The molecule has 2 aliphatic rings. The quantitative estimate of drug-likeness (QED) is 0.901. The molecule has 132 valence electrons. The molecule has 2 heterocycles. The molecule has 1 N–H and O–H groups in total. The lowest BCUT2D eigenvalue weighted by Gasteiger charge is -2.29. The molecule has 6 nitrogen and oxygen atoms in total. The fourth-order valence-corrected chi connectivity index (χ4v) is 4.66. The van der Waals surface area contributed by atoms with Crippen LogP contribution in [0.3, 0.4) is 0 Å². The molecule has 24 heavy (non-hydrogen) atoms. The number of carbonyl (C=O) groups is 1. The Labute approximate surface area is 143 Å². The molecule has 1 atom stereocenters. The van der Waals surface area contributed by atoms with Gasteiger partial charge in [-0.3, -0.25) is 4.79 Å². The summed E-state index contributed by atoms with van der Waals surface area (Å²) in [6, 6.07) is 7.22. The summed E-state index contributed by atoms with van der Waals surface area (Å²) in [5.41, 5.74) is 1.88. The van der Waals surface area contributed by atoms with Gasteiger partial charge >= 0.3 is 0 Å². The Morgan fingerprint density at radius 2 is 1.71 bits per heavy atom. The lowest BCUT2D eigenvalue weighted by molar-refractivity contribution is -0.119. The lowest BCUT2D eigenvalue weighted by Crippen LogP contribution is -2.42. The molecular weight excluding hydrogens is 326 g/mol. The molecule has 0 aromatic heterocycles. The highest BCUT2D eigenvalue weighted by Crippen LogP contribution is 2.24. The van der Waals surface area contributed by atoms with E-state index in [2.05, 4.69) is 10.2 Å². The number of piperidine rings is 1. The highest BCUT2D eigenvalue weighted by Gasteiger charge is 2.36. The maximum Gasteiger partial charge on any atom is 0.242 e. The van der Waals surface area contributed by atoms with Gasteiger partial charge in [-0.2, -0.15) is 4.31 Å². The monoisotopic (exact) mass is 351 g/mol. The third-order valence-corrected chi connectivity index (χ3v) is 6.08. The Bertz CT molecular complexity index is 682. The maximum absolute atomic E-state index is 12.4. The predicted molar refractivity (Wildman–Crippen MR) is 95.7 cm³/mol. The van der Waals surface area contributed by atoms with Crippen LogP contribution in [0, 0.1) is 0 Å². The Hall–Kier alpha value is -1.60. The number of rotatable bonds is 4. The van der Waals surface area contributed by atoms with E-state index < -0.39 is 16.1 Å². The van der Waals surface area contributed by atoms with Crippen molar-refractivity contribution in [2.24, 2.45) is 0 Å². The van der Waals surface area contributed by atoms with Gasteiger partial charge in [0.2, 0.25) is 15.9 Å². The average molecular weight is 351 g/mol. The number of anilines is 2. The van der Waals surface area contributed by atoms with E-state index >= 15 is 0 Å². The number of benzene rings is 1. The van der Waals surface area contributed by atoms with E-state index in [1.54, 1.807) is 0 Å². The van der Waals surface area contributed by atoms with Crippen molar-refractivity contribution in [3.05, 3.63) is 24.3 Å². The van der Waals surface area contributed by atoms with Gasteiger partial charge in [0.1, 0.15) is 6.04 Å². The standard InChI is InChI=1S/C17H25N3O3S/c1-24(22,23)20-13-5-6-16(20)17(21)18-14-7-9-15(10-8-14)19-11-3-2-4-12-19/h7-10,16H,2-6,11-13H2,1H3,(H,18,21)/t16-/m0/s1. The van der Waals surface area contributed by atoms with Crippen LogP contribution in [-0.4, -0.2) is 50.6 Å². The zero-order valence-corrected chi connectivity index (χ0v) is 14.9. The van der Waals surface area contributed by atoms with Crippen molar-refractivity contribution in [2.45, 2.75) is 38.1 Å². The predicted octanol–water partition coefficient (Wildman–Crippen LogP) is 2.04. The molecule has 0 saturated carbocycles. The summed E-state index contributed by atoms with van der Waals surface area (Å²) in [5.74, 6) is -0.247. The average Bonchev–Trinajstić information content (AvgIpc) is 3.06. The minimum atomic E-state index is -3.34. The van der Waals surface area contributed by atoms with E-state index in [1.807, 2.05) is 24.3 Å². The molecule has 0 bridgehead atoms. The third kappa shape index (κ3) is 3.89. The fraction of sp³-hybridized carbons (Fsp3) is 0.588. The maximum atomic E-state index is 12.4. The van der Waals surface area contributed by atoms with Crippen LogP contribution in [0.1, 0.15) is 32.1 Å². The first-order valence-corrected chi connectivity index (χ1v) is 10.4. The zero-order valence-electron chi connectivity index (χ0n) is 14.1. The summed E-state index contributed by atoms with van der Waals surface area (Å²) in [6.45, 7) is 2.58. The lowest BCUT2D eigenvalue weighted by atomic mass is 10.1. The van der Waals surface area contributed by atoms with Gasteiger partial charge in [-0.25, -0.2) is 8.42 Å². The largest absolute Gasteiger partial charge is 0.372 e. The van der Waals surface area contributed by atoms with Gasteiger partial charge in [0.15, 0.2) is 0 Å². The van der Waals surface area contributed by atoms with E-state index in [0.29, 0.717) is 18.7 Å². The molecule has 0 radical (unpaired) electrons. The van der Waals surface area contributed by atoms with Gasteiger partial charge in [0.05, 0.1) is 6.26 Å². The van der Waals surface area contributed by atoms with Crippen LogP contribution in [0.25, 0.3) is 0 Å². The molecule has 1 amide bonds. The summed E-state index contributed by atoms with van der Waals surface area (Å²) in [6.07, 6.45) is 6.20. The summed E-state index contributed by atoms with van der Waals surface area (Å²) >= 11 is 0. The SMILES string of the molecule is CS(=O)(=O)N1CCC[C@H]1C(=O)Nc1ccc(N2CCCCC2)cc1. The Morgan fingerprint density at radius 1 is 1.04 bits per heavy atom. The molecule has 2 aliphatic heterocycles. The van der Waals surface area contributed by atoms with E-state index in [0.717, 1.165) is 25.8 Å². The number of nitrogens with zero attached hydrogens (tertiary/aromatic N) is 2. The van der Waals surface area contributed by atoms with Crippen molar-refractivity contribution >= 4 is 27.3 Å². The molecular formula is C17H25N3O3S. The number of carbonyl (C=O) groups excluding carboxylic acids is 1. The van der Waals surface area contributed by atoms with Crippen molar-refractivity contribution in [3.63, 3.8) is 0 Å². The summed E-state index contributed by atoms with van der Waals surface area (Å²) in [4.78, 5) is 14.8. The number of sulfonamides is 1. The summed E-state index contributed by atoms with van der Waals surface area (Å²) < 4.78 is 24.8. The fourth-order valence-electron chi connectivity index (χ4n) is 3.53. The number of hydrogen-bond donors (Lipinski definition) is 1. The molecule has 2 fully saturated rings. The normalized spacial score (nSPS) is 22.5. The minimum absolute atomic E-state index is 0.247. The van der Waals surface area contributed by atoms with E-state index in [4.69, 9.17) is 0 Å². The van der Waals surface area contributed by atoms with Crippen LogP contribution in [-0.2, 0) is 14.8 Å². The molecule has 2 saturated heterocycles. The number of hydrogen-bond acceptors (Lipinski definition) is 4. The smallest absolute Gasteiger partial charge is 0.242 e. The second-order valence-electron chi connectivity index (χ2n) is 6.62. The van der Waals surface area contributed by atoms with E-state index in [-0.39, 0.29) is 5.91 Å². The van der Waals surface area contributed by atoms with Gasteiger partial charge in [-0.15, -0.1) is 0 Å². The molecule has 3 rings (SSSR count). The summed E-state index contributed by atoms with van der Waals surface area (Å²) in [5, 5.41) is 2.85. The third-order valence-electron chi connectivity index (χ3n) is 4.79. The van der Waals surface area contributed by atoms with Gasteiger partial charge in [0.25, 0.3) is 0 Å². The Balaban J connectivity index is 1.64. The van der Waals surface area contributed by atoms with Crippen LogP contribution < -0.4 is 10.2 Å². The number of nitrogens with one attached hydrogen (secondary N) is 1. The number of amides is 1. The van der Waals surface area contributed by atoms with Crippen molar-refractivity contribution in [1.82, 2.24) is 4.31 Å². The first-order chi connectivity index (χ1) is 11.4. The minimum Gasteiger partial charge on any atom is -0.372 e. The van der Waals surface area contributed by atoms with Gasteiger partial charge in [-0.1, -0.05) is 0 Å². The molecule has 0 aliphatic carbocycles. The summed E-state index contributed by atoms with van der Waals surface area (Å²) in [7, 11) is -3.34. The van der Waals surface area contributed by atoms with Crippen LogP contribution in [0.4, 0.5) is 11.4 Å². The van der Waals surface area contributed by atoms with Crippen LogP contribution in [0.5, 0.6) is 0 Å². The molecule has 0 unspecified atom stereocenters. The van der Waals surface area contributed by atoms with Gasteiger partial charge in [0, 0.05) is 31.0 Å². The highest BCUT2D eigenvalue weighted by molar-refractivity contribution is 7.88. The van der Waals surface area contributed by atoms with Crippen LogP contribution >= 0.6 is 0 Å². The van der Waals surface area contributed by atoms with E-state index in [1.165, 1.54) is 29.3 Å². The van der Waals surface area contributed by atoms with Crippen molar-refractivity contribution in [2.75, 3.05) is 36.1 Å². The van der Waals surface area contributed by atoms with Crippen molar-refractivity contribution < 1.29 is 13.2 Å². The second kappa shape index (κ2) is 7.11. The van der Waals surface area contributed by atoms with Crippen molar-refractivity contribution in [3.8, 4) is 0 Å². The Kier molecular flexibility index (Phi) is 5.10. The van der Waals surface area contributed by atoms with Crippen molar-refractivity contribution in [1.29, 1.82) is 0 Å². The zero-order chi connectivity index (χ0) is 17.2. The first-order valence-electron chi connectivity index (χ1n) is 8.58. The second-order valence-corrected chi connectivity index (χ2v) is 8.55. The highest BCUT2D eigenvalue weighted by atomic mass is 32.2. The molecule has 1 aromatic carbocycles. The van der Waals surface area contributed by atoms with Gasteiger partial charge in [-0.05, 0) is 56.4 Å². The molecule has 1 aromatic rings.